The smallest absolute Gasteiger partial charge is 0.430 e. The van der Waals surface area contributed by atoms with E-state index >= 15 is 0 Å². The van der Waals surface area contributed by atoms with Crippen molar-refractivity contribution in [2.24, 2.45) is 34.5 Å². The molecule has 3 nitrogen and oxygen atoms in total. The molecule has 0 heterocycles. The van der Waals surface area contributed by atoms with Crippen molar-refractivity contribution in [3.63, 3.8) is 0 Å². The fraction of sp³-hybridized carbons (Fsp3) is 0.735. The SMILES string of the molecule is CCCCCCCCC1CCC2C3CC=C4CC(OC(=O)Oc5cccc(Cl)c5)CCC4(C)C3CCC12C. The van der Waals surface area contributed by atoms with Crippen molar-refractivity contribution in [1.29, 1.82) is 0 Å². The maximum absolute atomic E-state index is 12.5. The number of hydrogen-bond donors (Lipinski definition) is 0. The van der Waals surface area contributed by atoms with Crippen LogP contribution in [0.25, 0.3) is 0 Å². The maximum Gasteiger partial charge on any atom is 0.514 e. The van der Waals surface area contributed by atoms with Gasteiger partial charge in [-0.1, -0.05) is 88.6 Å². The number of allylic oxidation sites excluding steroid dienone is 1. The van der Waals surface area contributed by atoms with E-state index in [1.54, 1.807) is 24.3 Å². The Labute approximate surface area is 236 Å². The van der Waals surface area contributed by atoms with Gasteiger partial charge in [-0.2, -0.15) is 0 Å². The lowest BCUT2D eigenvalue weighted by Crippen LogP contribution is -2.50. The van der Waals surface area contributed by atoms with E-state index in [1.807, 2.05) is 0 Å². The van der Waals surface area contributed by atoms with Crippen LogP contribution in [0.4, 0.5) is 4.79 Å². The van der Waals surface area contributed by atoms with Crippen LogP contribution >= 0.6 is 11.6 Å². The van der Waals surface area contributed by atoms with Gasteiger partial charge < -0.3 is 9.47 Å². The average Bonchev–Trinajstić information content (AvgIpc) is 3.22. The molecule has 0 radical (unpaired) electrons. The summed E-state index contributed by atoms with van der Waals surface area (Å²) in [6.07, 6.45) is 21.6. The molecule has 4 aliphatic carbocycles. The van der Waals surface area contributed by atoms with E-state index < -0.39 is 6.16 Å². The third-order valence-electron chi connectivity index (χ3n) is 11.4. The minimum Gasteiger partial charge on any atom is -0.430 e. The number of fused-ring (bicyclic) bond motifs is 5. The van der Waals surface area contributed by atoms with Crippen molar-refractivity contribution in [3.8, 4) is 5.75 Å². The van der Waals surface area contributed by atoms with E-state index in [0.29, 0.717) is 16.2 Å². The molecular formula is C34H49ClO3. The molecule has 1 aromatic carbocycles. The van der Waals surface area contributed by atoms with Crippen LogP contribution in [0, 0.1) is 34.5 Å². The first-order chi connectivity index (χ1) is 18.3. The fourth-order valence-electron chi connectivity index (χ4n) is 9.27. The van der Waals surface area contributed by atoms with E-state index in [0.717, 1.165) is 42.9 Å². The Bertz CT molecular complexity index is 1000. The second-order valence-electron chi connectivity index (χ2n) is 13.4. The second kappa shape index (κ2) is 11.9. The minimum atomic E-state index is -0.619. The van der Waals surface area contributed by atoms with Crippen molar-refractivity contribution in [2.45, 2.75) is 123 Å². The van der Waals surface area contributed by atoms with Gasteiger partial charge in [-0.15, -0.1) is 0 Å². The monoisotopic (exact) mass is 540 g/mol. The largest absolute Gasteiger partial charge is 0.514 e. The van der Waals surface area contributed by atoms with Crippen molar-refractivity contribution >= 4 is 17.8 Å². The summed E-state index contributed by atoms with van der Waals surface area (Å²) in [7, 11) is 0. The lowest BCUT2D eigenvalue weighted by molar-refractivity contribution is -0.0538. The topological polar surface area (TPSA) is 35.5 Å². The molecule has 7 unspecified atom stereocenters. The number of carbonyl (C=O) groups excluding carboxylic acids is 1. The van der Waals surface area contributed by atoms with Crippen molar-refractivity contribution in [3.05, 3.63) is 40.9 Å². The quantitative estimate of drug-likeness (QED) is 0.135. The average molecular weight is 541 g/mol. The highest BCUT2D eigenvalue weighted by atomic mass is 35.5. The van der Waals surface area contributed by atoms with Gasteiger partial charge in [0.2, 0.25) is 0 Å². The van der Waals surface area contributed by atoms with Gasteiger partial charge in [0.25, 0.3) is 0 Å². The van der Waals surface area contributed by atoms with Crippen molar-refractivity contribution in [1.82, 2.24) is 0 Å². The molecule has 7 atom stereocenters. The first-order valence-corrected chi connectivity index (χ1v) is 16.0. The normalized spacial score (nSPS) is 36.0. The summed E-state index contributed by atoms with van der Waals surface area (Å²) in [6.45, 7) is 7.50. The summed E-state index contributed by atoms with van der Waals surface area (Å²) in [5.74, 6) is 3.88. The third-order valence-corrected chi connectivity index (χ3v) is 11.7. The lowest BCUT2D eigenvalue weighted by Gasteiger charge is -2.58. The van der Waals surface area contributed by atoms with Crippen LogP contribution in [0.15, 0.2) is 35.9 Å². The molecule has 0 aromatic heterocycles. The van der Waals surface area contributed by atoms with E-state index in [4.69, 9.17) is 21.1 Å². The molecule has 3 saturated carbocycles. The van der Waals surface area contributed by atoms with Crippen molar-refractivity contribution in [2.75, 3.05) is 0 Å². The first kappa shape index (κ1) is 28.1. The zero-order valence-corrected chi connectivity index (χ0v) is 24.7. The van der Waals surface area contributed by atoms with Gasteiger partial charge in [-0.3, -0.25) is 0 Å². The predicted octanol–water partition coefficient (Wildman–Crippen LogP) is 10.6. The van der Waals surface area contributed by atoms with Gasteiger partial charge >= 0.3 is 6.16 Å². The van der Waals surface area contributed by atoms with Crippen LogP contribution in [-0.4, -0.2) is 12.3 Å². The highest BCUT2D eigenvalue weighted by Gasteiger charge is 2.58. The molecule has 0 aliphatic heterocycles. The molecule has 0 amide bonds. The molecule has 0 saturated heterocycles. The van der Waals surface area contributed by atoms with Crippen LogP contribution in [0.2, 0.25) is 5.02 Å². The number of unbranched alkanes of at least 4 members (excludes halogenated alkanes) is 5. The molecule has 1 aromatic rings. The summed E-state index contributed by atoms with van der Waals surface area (Å²) in [6, 6.07) is 6.91. The molecule has 5 rings (SSSR count). The van der Waals surface area contributed by atoms with Crippen LogP contribution in [0.5, 0.6) is 5.75 Å². The number of hydrogen-bond acceptors (Lipinski definition) is 3. The molecule has 0 spiro atoms. The third kappa shape index (κ3) is 5.70. The molecule has 3 fully saturated rings. The molecule has 4 heteroatoms. The Morgan fingerprint density at radius 2 is 1.82 bits per heavy atom. The predicted molar refractivity (Wildman–Crippen MR) is 156 cm³/mol. The Balaban J connectivity index is 1.17. The summed E-state index contributed by atoms with van der Waals surface area (Å²) >= 11 is 6.02. The zero-order valence-electron chi connectivity index (χ0n) is 24.0. The van der Waals surface area contributed by atoms with Gasteiger partial charge in [-0.25, -0.2) is 4.79 Å². The number of rotatable bonds is 9. The Hall–Kier alpha value is -1.48. The number of benzene rings is 1. The van der Waals surface area contributed by atoms with Gasteiger partial charge in [0, 0.05) is 11.4 Å². The molecular weight excluding hydrogens is 492 g/mol. The Kier molecular flexibility index (Phi) is 8.82. The summed E-state index contributed by atoms with van der Waals surface area (Å²) < 4.78 is 11.2. The molecule has 210 valence electrons. The number of carbonyl (C=O) groups is 1. The Morgan fingerprint density at radius 1 is 1.00 bits per heavy atom. The van der Waals surface area contributed by atoms with Crippen LogP contribution in [0.3, 0.4) is 0 Å². The highest BCUT2D eigenvalue weighted by molar-refractivity contribution is 6.30. The van der Waals surface area contributed by atoms with Gasteiger partial charge in [-0.05, 0) is 104 Å². The second-order valence-corrected chi connectivity index (χ2v) is 13.9. The van der Waals surface area contributed by atoms with E-state index in [1.165, 1.54) is 82.6 Å². The molecule has 0 bridgehead atoms. The molecule has 38 heavy (non-hydrogen) atoms. The van der Waals surface area contributed by atoms with Gasteiger partial charge in [0.1, 0.15) is 11.9 Å². The van der Waals surface area contributed by atoms with Crippen LogP contribution in [0.1, 0.15) is 117 Å². The van der Waals surface area contributed by atoms with Gasteiger partial charge in [0.05, 0.1) is 0 Å². The minimum absolute atomic E-state index is 0.0976. The lowest BCUT2D eigenvalue weighted by atomic mass is 9.47. The van der Waals surface area contributed by atoms with Crippen LogP contribution in [-0.2, 0) is 4.74 Å². The van der Waals surface area contributed by atoms with E-state index in [-0.39, 0.29) is 11.5 Å². The highest BCUT2D eigenvalue weighted by Crippen LogP contribution is 2.66. The first-order valence-electron chi connectivity index (χ1n) is 15.7. The van der Waals surface area contributed by atoms with E-state index in [2.05, 4.69) is 26.8 Å². The summed E-state index contributed by atoms with van der Waals surface area (Å²) in [5, 5.41) is 0.547. The van der Waals surface area contributed by atoms with Gasteiger partial charge in [0.15, 0.2) is 0 Å². The number of halogens is 1. The zero-order chi connectivity index (χ0) is 26.8. The Morgan fingerprint density at radius 3 is 2.63 bits per heavy atom. The fourth-order valence-corrected chi connectivity index (χ4v) is 9.45. The van der Waals surface area contributed by atoms with E-state index in [9.17, 15) is 4.79 Å². The van der Waals surface area contributed by atoms with Crippen molar-refractivity contribution < 1.29 is 14.3 Å². The molecule has 0 N–H and O–H groups in total. The standard InChI is InChI=1S/C34H49ClO3/c1-4-5-6-7-8-9-11-24-15-17-30-29-16-14-25-22-28(38-32(36)37-27-13-10-12-26(35)23-27)18-20-34(25,3)31(29)19-21-33(24,30)2/h10,12-14,23-24,28-31H,4-9,11,15-22H2,1-3H3. The summed E-state index contributed by atoms with van der Waals surface area (Å²) in [5.41, 5.74) is 2.35. The maximum atomic E-state index is 12.5. The number of ether oxygens (including phenoxy) is 2. The summed E-state index contributed by atoms with van der Waals surface area (Å²) in [4.78, 5) is 12.5. The van der Waals surface area contributed by atoms with Crippen LogP contribution < -0.4 is 4.74 Å². The molecule has 4 aliphatic rings.